The summed E-state index contributed by atoms with van der Waals surface area (Å²) < 4.78 is 4.78. The zero-order chi connectivity index (χ0) is 17.2. The summed E-state index contributed by atoms with van der Waals surface area (Å²) >= 11 is 0. The maximum Gasteiger partial charge on any atom is 0.245 e. The average molecular weight is 339 g/mol. The first-order valence-corrected chi connectivity index (χ1v) is 8.44. The van der Waals surface area contributed by atoms with Gasteiger partial charge in [0.05, 0.1) is 0 Å². The molecule has 1 unspecified atom stereocenters. The molecule has 0 spiro atoms. The molecular weight excluding hydrogens is 318 g/mol. The van der Waals surface area contributed by atoms with Crippen molar-refractivity contribution >= 4 is 22.9 Å². The lowest BCUT2D eigenvalue weighted by molar-refractivity contribution is 0.233. The summed E-state index contributed by atoms with van der Waals surface area (Å²) in [5.74, 6) is 1.52. The minimum Gasteiger partial charge on any atom is -0.363 e. The average Bonchev–Trinajstić information content (AvgIpc) is 3.10. The molecule has 0 bridgehead atoms. The Morgan fingerprint density at radius 3 is 2.64 bits per heavy atom. The smallest absolute Gasteiger partial charge is 0.245 e. The highest BCUT2D eigenvalue weighted by Crippen LogP contribution is 2.26. The van der Waals surface area contributed by atoms with E-state index in [1.807, 2.05) is 18.2 Å². The Kier molecular flexibility index (Phi) is 4.19. The largest absolute Gasteiger partial charge is 0.363 e. The molecule has 1 aliphatic rings. The van der Waals surface area contributed by atoms with E-state index in [2.05, 4.69) is 61.5 Å². The normalized spacial score (nSPS) is 18.6. The minimum atomic E-state index is 0.418. The summed E-state index contributed by atoms with van der Waals surface area (Å²) in [6.45, 7) is 5.65. The number of hydrogen-bond donors (Lipinski definition) is 1. The molecule has 1 aromatic carbocycles. The molecule has 3 heterocycles. The van der Waals surface area contributed by atoms with Crippen LogP contribution in [0.3, 0.4) is 0 Å². The van der Waals surface area contributed by atoms with Crippen molar-refractivity contribution in [3.05, 3.63) is 35.9 Å². The fourth-order valence-corrected chi connectivity index (χ4v) is 2.99. The number of likely N-dealkylation sites (N-methyl/N-ethyl adjacent to an activating group) is 1. The molecule has 1 fully saturated rings. The first kappa shape index (κ1) is 15.8. The summed E-state index contributed by atoms with van der Waals surface area (Å²) in [5.41, 5.74) is 2.04. The van der Waals surface area contributed by atoms with E-state index in [1.165, 1.54) is 5.56 Å². The summed E-state index contributed by atoms with van der Waals surface area (Å²) in [6.07, 6.45) is 0. The number of anilines is 2. The molecule has 0 radical (unpaired) electrons. The standard InChI is InChI=1S/C17H21N7O/c1-12-11-24(9-8-23(12)2)17-16(18-10-13-6-4-3-5-7-13)19-14-15(20-17)22-25-21-14/h3-7,12H,8-11H2,1-2H3,(H,18,19,21). The van der Waals surface area contributed by atoms with E-state index in [1.54, 1.807) is 0 Å². The lowest BCUT2D eigenvalue weighted by Gasteiger charge is -2.38. The highest BCUT2D eigenvalue weighted by atomic mass is 16.6. The predicted octanol–water partition coefficient (Wildman–Crippen LogP) is 1.77. The molecule has 0 aliphatic carbocycles. The van der Waals surface area contributed by atoms with Gasteiger partial charge in [0, 0.05) is 32.2 Å². The molecule has 1 aliphatic heterocycles. The Morgan fingerprint density at radius 1 is 1.12 bits per heavy atom. The van der Waals surface area contributed by atoms with Gasteiger partial charge in [-0.3, -0.25) is 0 Å². The van der Waals surface area contributed by atoms with Crippen LogP contribution in [0, 0.1) is 0 Å². The maximum absolute atomic E-state index is 4.78. The third kappa shape index (κ3) is 3.25. The predicted molar refractivity (Wildman–Crippen MR) is 95.5 cm³/mol. The fourth-order valence-electron chi connectivity index (χ4n) is 2.99. The maximum atomic E-state index is 4.78. The SMILES string of the molecule is CC1CN(c2nc3nonc3nc2NCc2ccccc2)CCN1C. The van der Waals surface area contributed by atoms with Crippen LogP contribution in [0.2, 0.25) is 0 Å². The van der Waals surface area contributed by atoms with Crippen molar-refractivity contribution in [1.82, 2.24) is 25.2 Å². The first-order chi connectivity index (χ1) is 12.2. The Morgan fingerprint density at radius 2 is 1.88 bits per heavy atom. The number of piperazine rings is 1. The van der Waals surface area contributed by atoms with Crippen LogP contribution in [0.5, 0.6) is 0 Å². The Balaban J connectivity index is 1.64. The summed E-state index contributed by atoms with van der Waals surface area (Å²) in [6, 6.07) is 10.7. The molecule has 3 aromatic rings. The van der Waals surface area contributed by atoms with Gasteiger partial charge in [-0.2, -0.15) is 0 Å². The van der Waals surface area contributed by atoms with Crippen LogP contribution in [-0.4, -0.2) is 57.9 Å². The van der Waals surface area contributed by atoms with E-state index in [4.69, 9.17) is 4.63 Å². The lowest BCUT2D eigenvalue weighted by Crippen LogP contribution is -2.50. The van der Waals surface area contributed by atoms with E-state index < -0.39 is 0 Å². The topological polar surface area (TPSA) is 83.2 Å². The van der Waals surface area contributed by atoms with Gasteiger partial charge in [-0.15, -0.1) is 0 Å². The summed E-state index contributed by atoms with van der Waals surface area (Å²) in [4.78, 5) is 13.8. The Labute approximate surface area is 145 Å². The van der Waals surface area contributed by atoms with Gasteiger partial charge in [-0.25, -0.2) is 14.6 Å². The third-order valence-electron chi connectivity index (χ3n) is 4.66. The van der Waals surface area contributed by atoms with Gasteiger partial charge in [0.25, 0.3) is 0 Å². The number of fused-ring (bicyclic) bond motifs is 1. The molecule has 25 heavy (non-hydrogen) atoms. The quantitative estimate of drug-likeness (QED) is 0.770. The summed E-state index contributed by atoms with van der Waals surface area (Å²) in [7, 11) is 2.15. The molecule has 0 saturated carbocycles. The van der Waals surface area contributed by atoms with Gasteiger partial charge in [-0.1, -0.05) is 30.3 Å². The highest BCUT2D eigenvalue weighted by Gasteiger charge is 2.25. The molecule has 1 atom stereocenters. The molecule has 130 valence electrons. The molecule has 1 saturated heterocycles. The van der Waals surface area contributed by atoms with Crippen LogP contribution in [0.4, 0.5) is 11.6 Å². The van der Waals surface area contributed by atoms with E-state index in [9.17, 15) is 0 Å². The van der Waals surface area contributed by atoms with E-state index in [-0.39, 0.29) is 0 Å². The second-order valence-electron chi connectivity index (χ2n) is 6.42. The van der Waals surface area contributed by atoms with Crippen LogP contribution < -0.4 is 10.2 Å². The number of nitrogens with one attached hydrogen (secondary N) is 1. The van der Waals surface area contributed by atoms with Gasteiger partial charge >= 0.3 is 0 Å². The Hall–Kier alpha value is -2.74. The molecule has 1 N–H and O–H groups in total. The van der Waals surface area contributed by atoms with Gasteiger partial charge in [0.2, 0.25) is 11.3 Å². The van der Waals surface area contributed by atoms with Crippen molar-refractivity contribution in [2.75, 3.05) is 36.9 Å². The number of aromatic nitrogens is 4. The van der Waals surface area contributed by atoms with Gasteiger partial charge in [0.15, 0.2) is 11.6 Å². The minimum absolute atomic E-state index is 0.418. The number of hydrogen-bond acceptors (Lipinski definition) is 8. The Bertz CT molecular complexity index is 851. The molecule has 0 amide bonds. The zero-order valence-electron chi connectivity index (χ0n) is 14.4. The van der Waals surface area contributed by atoms with Crippen molar-refractivity contribution in [3.8, 4) is 0 Å². The second-order valence-corrected chi connectivity index (χ2v) is 6.42. The van der Waals surface area contributed by atoms with Crippen molar-refractivity contribution < 1.29 is 4.63 Å². The first-order valence-electron chi connectivity index (χ1n) is 8.44. The van der Waals surface area contributed by atoms with E-state index in [0.29, 0.717) is 29.7 Å². The molecular formula is C17H21N7O. The second kappa shape index (κ2) is 6.64. The number of nitrogens with zero attached hydrogens (tertiary/aromatic N) is 6. The van der Waals surface area contributed by atoms with Crippen molar-refractivity contribution in [3.63, 3.8) is 0 Å². The third-order valence-corrected chi connectivity index (χ3v) is 4.66. The van der Waals surface area contributed by atoms with Crippen molar-refractivity contribution in [1.29, 1.82) is 0 Å². The number of rotatable bonds is 4. The van der Waals surface area contributed by atoms with Crippen molar-refractivity contribution in [2.24, 2.45) is 0 Å². The van der Waals surface area contributed by atoms with Crippen LogP contribution >= 0.6 is 0 Å². The lowest BCUT2D eigenvalue weighted by atomic mass is 10.2. The summed E-state index contributed by atoms with van der Waals surface area (Å²) in [5, 5.41) is 11.1. The van der Waals surface area contributed by atoms with Crippen LogP contribution in [-0.2, 0) is 6.54 Å². The van der Waals surface area contributed by atoms with E-state index >= 15 is 0 Å². The molecule has 8 heteroatoms. The van der Waals surface area contributed by atoms with Crippen LogP contribution in [0.1, 0.15) is 12.5 Å². The van der Waals surface area contributed by atoms with Gasteiger partial charge in [-0.05, 0) is 29.8 Å². The zero-order valence-corrected chi connectivity index (χ0v) is 14.4. The van der Waals surface area contributed by atoms with E-state index in [0.717, 1.165) is 25.5 Å². The van der Waals surface area contributed by atoms with Gasteiger partial charge in [0.1, 0.15) is 0 Å². The number of benzene rings is 1. The van der Waals surface area contributed by atoms with Crippen LogP contribution in [0.15, 0.2) is 35.0 Å². The van der Waals surface area contributed by atoms with Crippen molar-refractivity contribution in [2.45, 2.75) is 19.5 Å². The monoisotopic (exact) mass is 339 g/mol. The van der Waals surface area contributed by atoms with Gasteiger partial charge < -0.3 is 15.1 Å². The molecule has 8 nitrogen and oxygen atoms in total. The molecule has 2 aromatic heterocycles. The highest BCUT2D eigenvalue weighted by molar-refractivity contribution is 5.74. The molecule has 4 rings (SSSR count). The fraction of sp³-hybridized carbons (Fsp3) is 0.412. The van der Waals surface area contributed by atoms with Crippen LogP contribution in [0.25, 0.3) is 11.3 Å².